The molecule has 0 radical (unpaired) electrons. The number of benzene rings is 1. The van der Waals surface area contributed by atoms with Gasteiger partial charge in [0.2, 0.25) is 11.8 Å². The highest BCUT2D eigenvalue weighted by Gasteiger charge is 2.63. The summed E-state index contributed by atoms with van der Waals surface area (Å²) in [5.74, 6) is -11.5. The van der Waals surface area contributed by atoms with E-state index in [1.807, 2.05) is 0 Å². The molecule has 1 aromatic carbocycles. The second-order valence-corrected chi connectivity index (χ2v) is 5.95. The third-order valence-electron chi connectivity index (χ3n) is 4.86. The van der Waals surface area contributed by atoms with E-state index in [1.54, 1.807) is 0 Å². The highest BCUT2D eigenvalue weighted by Crippen LogP contribution is 2.50. The van der Waals surface area contributed by atoms with Crippen LogP contribution in [0.4, 0.5) is 23.2 Å². The van der Waals surface area contributed by atoms with Crippen molar-refractivity contribution in [2.24, 2.45) is 11.8 Å². The van der Waals surface area contributed by atoms with Crippen LogP contribution < -0.4 is 4.90 Å². The van der Waals surface area contributed by atoms with Gasteiger partial charge in [-0.1, -0.05) is 0 Å². The first-order chi connectivity index (χ1) is 11.4. The Morgan fingerprint density at radius 3 is 1.79 bits per heavy atom. The second kappa shape index (κ2) is 4.77. The largest absolute Gasteiger partial charge is 0.373 e. The Labute approximate surface area is 132 Å². The summed E-state index contributed by atoms with van der Waals surface area (Å²) in [6.45, 7) is 0. The van der Waals surface area contributed by atoms with Gasteiger partial charge in [-0.25, -0.2) is 22.5 Å². The predicted octanol–water partition coefficient (Wildman–Crippen LogP) is 1.78. The first-order valence-electron chi connectivity index (χ1n) is 7.17. The van der Waals surface area contributed by atoms with Crippen molar-refractivity contribution >= 4 is 17.5 Å². The van der Waals surface area contributed by atoms with Gasteiger partial charge in [0.1, 0.15) is 17.3 Å². The van der Waals surface area contributed by atoms with Gasteiger partial charge in [0.15, 0.2) is 23.3 Å². The molecular weight excluding hydrogens is 332 g/mol. The normalized spacial score (nSPS) is 30.9. The highest BCUT2D eigenvalue weighted by molar-refractivity contribution is 6.23. The van der Waals surface area contributed by atoms with Crippen molar-refractivity contribution in [1.82, 2.24) is 0 Å². The van der Waals surface area contributed by atoms with Gasteiger partial charge in [-0.2, -0.15) is 5.26 Å². The molecule has 2 bridgehead atoms. The molecule has 4 atom stereocenters. The molecule has 0 unspecified atom stereocenters. The number of carbonyl (C=O) groups is 2. The number of nitriles is 1. The molecule has 0 aromatic heterocycles. The zero-order valence-electron chi connectivity index (χ0n) is 11.9. The standard InChI is InChI=1S/C15H8F4N2O3/c16-9-4(3-20)10(17)12(19)13(11(9)18)21-14(22)7-5-1-2-6(24-5)8(7)15(21)23/h5-8H,1-2H2/t5-,6+,7-,8+. The van der Waals surface area contributed by atoms with Gasteiger partial charge < -0.3 is 4.74 Å². The van der Waals surface area contributed by atoms with Crippen LogP contribution in [-0.2, 0) is 14.3 Å². The topological polar surface area (TPSA) is 70.4 Å². The summed E-state index contributed by atoms with van der Waals surface area (Å²) >= 11 is 0. The van der Waals surface area contributed by atoms with Crippen LogP contribution in [-0.4, -0.2) is 24.0 Å². The van der Waals surface area contributed by atoms with E-state index < -0.39 is 70.4 Å². The Kier molecular flexibility index (Phi) is 3.00. The number of imide groups is 1. The molecule has 3 saturated heterocycles. The molecule has 0 aliphatic carbocycles. The van der Waals surface area contributed by atoms with E-state index in [9.17, 15) is 27.2 Å². The van der Waals surface area contributed by atoms with E-state index in [4.69, 9.17) is 10.00 Å². The predicted molar refractivity (Wildman–Crippen MR) is 68.4 cm³/mol. The van der Waals surface area contributed by atoms with Gasteiger partial charge in [0, 0.05) is 0 Å². The fraction of sp³-hybridized carbons (Fsp3) is 0.400. The lowest BCUT2D eigenvalue weighted by atomic mass is 9.81. The zero-order valence-corrected chi connectivity index (χ0v) is 11.9. The fourth-order valence-electron chi connectivity index (χ4n) is 3.85. The van der Waals surface area contributed by atoms with E-state index in [-0.39, 0.29) is 4.90 Å². The van der Waals surface area contributed by atoms with E-state index in [1.165, 1.54) is 0 Å². The molecule has 0 spiro atoms. The summed E-state index contributed by atoms with van der Waals surface area (Å²) < 4.78 is 61.4. The number of ether oxygens (including phenoxy) is 1. The van der Waals surface area contributed by atoms with Crippen LogP contribution in [0.2, 0.25) is 0 Å². The summed E-state index contributed by atoms with van der Waals surface area (Å²) in [7, 11) is 0. The number of rotatable bonds is 1. The van der Waals surface area contributed by atoms with Crippen LogP contribution in [0.5, 0.6) is 0 Å². The number of hydrogen-bond acceptors (Lipinski definition) is 4. The maximum atomic E-state index is 14.2. The number of amides is 2. The van der Waals surface area contributed by atoms with Gasteiger partial charge in [-0.3, -0.25) is 9.59 Å². The van der Waals surface area contributed by atoms with Crippen molar-refractivity contribution in [1.29, 1.82) is 5.26 Å². The SMILES string of the molecule is N#Cc1c(F)c(F)c(N2C(=O)[C@@H]3[C@H](C2=O)[C@H]2CC[C@@H]3O2)c(F)c1F. The van der Waals surface area contributed by atoms with Crippen LogP contribution >= 0.6 is 0 Å². The van der Waals surface area contributed by atoms with E-state index >= 15 is 0 Å². The number of nitrogens with zero attached hydrogens (tertiary/aromatic N) is 2. The van der Waals surface area contributed by atoms with Crippen molar-refractivity contribution in [3.8, 4) is 6.07 Å². The maximum Gasteiger partial charge on any atom is 0.240 e. The van der Waals surface area contributed by atoms with Crippen LogP contribution in [0.3, 0.4) is 0 Å². The molecule has 0 N–H and O–H groups in total. The summed E-state index contributed by atoms with van der Waals surface area (Å²) in [6, 6.07) is 1.01. The second-order valence-electron chi connectivity index (χ2n) is 5.95. The number of hydrogen-bond donors (Lipinski definition) is 0. The minimum atomic E-state index is -1.94. The minimum Gasteiger partial charge on any atom is -0.373 e. The average molecular weight is 340 g/mol. The molecule has 3 heterocycles. The Balaban J connectivity index is 1.88. The Bertz CT molecular complexity index is 793. The molecule has 4 rings (SSSR count). The van der Waals surface area contributed by atoms with Crippen molar-refractivity contribution in [2.45, 2.75) is 25.0 Å². The third kappa shape index (κ3) is 1.61. The van der Waals surface area contributed by atoms with E-state index in [2.05, 4.69) is 0 Å². The highest BCUT2D eigenvalue weighted by atomic mass is 19.2. The lowest BCUT2D eigenvalue weighted by molar-refractivity contribution is -0.124. The number of anilines is 1. The number of halogens is 4. The van der Waals surface area contributed by atoms with Crippen molar-refractivity contribution in [3.63, 3.8) is 0 Å². The first-order valence-corrected chi connectivity index (χ1v) is 7.17. The van der Waals surface area contributed by atoms with Crippen LogP contribution in [0.1, 0.15) is 18.4 Å². The summed E-state index contributed by atoms with van der Waals surface area (Å²) in [5.41, 5.74) is -2.86. The van der Waals surface area contributed by atoms with Crippen LogP contribution in [0, 0.1) is 46.4 Å². The lowest BCUT2D eigenvalue weighted by Crippen LogP contribution is -2.36. The van der Waals surface area contributed by atoms with Gasteiger partial charge >= 0.3 is 0 Å². The smallest absolute Gasteiger partial charge is 0.240 e. The zero-order chi connectivity index (χ0) is 17.3. The molecule has 9 heteroatoms. The first kappa shape index (κ1) is 15.1. The third-order valence-corrected chi connectivity index (χ3v) is 4.86. The molecule has 124 valence electrons. The monoisotopic (exact) mass is 340 g/mol. The maximum absolute atomic E-state index is 14.2. The summed E-state index contributed by atoms with van der Waals surface area (Å²) in [5, 5.41) is 8.59. The van der Waals surface area contributed by atoms with Crippen molar-refractivity contribution in [2.75, 3.05) is 4.90 Å². The number of carbonyl (C=O) groups excluding carboxylic acids is 2. The van der Waals surface area contributed by atoms with Gasteiger partial charge in [0.25, 0.3) is 0 Å². The molecule has 24 heavy (non-hydrogen) atoms. The molecule has 5 nitrogen and oxygen atoms in total. The van der Waals surface area contributed by atoms with Crippen LogP contribution in [0.15, 0.2) is 0 Å². The van der Waals surface area contributed by atoms with Crippen molar-refractivity contribution < 1.29 is 31.9 Å². The Morgan fingerprint density at radius 2 is 1.38 bits per heavy atom. The fourth-order valence-corrected chi connectivity index (χ4v) is 3.85. The van der Waals surface area contributed by atoms with E-state index in [0.29, 0.717) is 12.8 Å². The van der Waals surface area contributed by atoms with Gasteiger partial charge in [-0.15, -0.1) is 0 Å². The summed E-state index contributed by atoms with van der Waals surface area (Å²) in [6.07, 6.45) is -0.0271. The molecule has 2 amide bonds. The van der Waals surface area contributed by atoms with Crippen LogP contribution in [0.25, 0.3) is 0 Å². The minimum absolute atomic E-state index is 0.154. The molecule has 0 saturated carbocycles. The molecule has 3 aliphatic heterocycles. The Hall–Kier alpha value is -2.47. The Morgan fingerprint density at radius 1 is 0.917 bits per heavy atom. The van der Waals surface area contributed by atoms with Gasteiger partial charge in [-0.05, 0) is 12.8 Å². The molecule has 1 aromatic rings. The molecule has 3 aliphatic rings. The van der Waals surface area contributed by atoms with E-state index in [0.717, 1.165) is 6.07 Å². The number of fused-ring (bicyclic) bond motifs is 5. The molecular formula is C15H8F4N2O3. The van der Waals surface area contributed by atoms with Crippen molar-refractivity contribution in [3.05, 3.63) is 28.8 Å². The summed E-state index contributed by atoms with van der Waals surface area (Å²) in [4.78, 5) is 25.1. The lowest BCUT2D eigenvalue weighted by Gasteiger charge is -2.19. The van der Waals surface area contributed by atoms with Gasteiger partial charge in [0.05, 0.1) is 24.0 Å². The quantitative estimate of drug-likeness (QED) is 0.444. The molecule has 3 fully saturated rings. The average Bonchev–Trinajstić information content (AvgIpc) is 3.23.